The summed E-state index contributed by atoms with van der Waals surface area (Å²) in [6.07, 6.45) is 1.06. The summed E-state index contributed by atoms with van der Waals surface area (Å²) in [5.74, 6) is 0. The molecular weight excluding hydrogens is 188 g/mol. The Morgan fingerprint density at radius 1 is 1.46 bits per heavy atom. The van der Waals surface area contributed by atoms with Gasteiger partial charge < -0.3 is 5.73 Å². The minimum Gasteiger partial charge on any atom is -0.398 e. The highest BCUT2D eigenvalue weighted by molar-refractivity contribution is 7.90. The highest BCUT2D eigenvalue weighted by atomic mass is 32.2. The van der Waals surface area contributed by atoms with Gasteiger partial charge in [-0.1, -0.05) is 0 Å². The zero-order valence-electron chi connectivity index (χ0n) is 6.98. The molecule has 0 unspecified atom stereocenters. The van der Waals surface area contributed by atoms with E-state index in [0.29, 0.717) is 0 Å². The summed E-state index contributed by atoms with van der Waals surface area (Å²) in [6, 6.07) is 6.00. The van der Waals surface area contributed by atoms with E-state index in [0.717, 1.165) is 6.26 Å². The average Bonchev–Trinajstić information content (AvgIpc) is 2.03. The van der Waals surface area contributed by atoms with Crippen LogP contribution < -0.4 is 5.73 Å². The predicted molar refractivity (Wildman–Crippen MR) is 48.7 cm³/mol. The van der Waals surface area contributed by atoms with Crippen LogP contribution in [-0.2, 0) is 9.84 Å². The molecule has 5 heteroatoms. The predicted octanol–water partition coefficient (Wildman–Crippen LogP) is 0.544. The molecule has 0 amide bonds. The Morgan fingerprint density at radius 3 is 2.54 bits per heavy atom. The molecule has 0 saturated carbocycles. The molecule has 13 heavy (non-hydrogen) atoms. The van der Waals surface area contributed by atoms with Crippen LogP contribution in [0.1, 0.15) is 5.56 Å². The van der Waals surface area contributed by atoms with Crippen LogP contribution >= 0.6 is 0 Å². The van der Waals surface area contributed by atoms with Crippen LogP contribution in [0.4, 0.5) is 5.69 Å². The highest BCUT2D eigenvalue weighted by Crippen LogP contribution is 2.18. The second kappa shape index (κ2) is 3.07. The zero-order chi connectivity index (χ0) is 10.1. The van der Waals surface area contributed by atoms with Crippen LogP contribution in [0, 0.1) is 11.3 Å². The molecule has 0 aromatic heterocycles. The first-order valence-corrected chi connectivity index (χ1v) is 5.34. The Morgan fingerprint density at radius 2 is 2.08 bits per heavy atom. The van der Waals surface area contributed by atoms with Gasteiger partial charge >= 0.3 is 0 Å². The van der Waals surface area contributed by atoms with Crippen LogP contribution in [-0.4, -0.2) is 14.7 Å². The van der Waals surface area contributed by atoms with Gasteiger partial charge in [-0.05, 0) is 18.2 Å². The van der Waals surface area contributed by atoms with Gasteiger partial charge in [-0.25, -0.2) is 8.42 Å². The van der Waals surface area contributed by atoms with Gasteiger partial charge in [0.05, 0.1) is 22.2 Å². The number of nitrogen functional groups attached to an aromatic ring is 1. The second-order valence-electron chi connectivity index (χ2n) is 2.64. The SMILES string of the molecule is CS(=O)(=O)c1cc(C#N)ccc1N. The first-order chi connectivity index (χ1) is 5.95. The fraction of sp³-hybridized carbons (Fsp3) is 0.125. The van der Waals surface area contributed by atoms with Crippen molar-refractivity contribution < 1.29 is 8.42 Å². The van der Waals surface area contributed by atoms with Crippen molar-refractivity contribution in [2.45, 2.75) is 4.90 Å². The number of nitrogens with two attached hydrogens (primary N) is 1. The van der Waals surface area contributed by atoms with Gasteiger partial charge in [-0.3, -0.25) is 0 Å². The molecule has 0 aliphatic heterocycles. The molecule has 0 spiro atoms. The van der Waals surface area contributed by atoms with E-state index in [1.54, 1.807) is 0 Å². The summed E-state index contributed by atoms with van der Waals surface area (Å²) in [6.45, 7) is 0. The Kier molecular flexibility index (Phi) is 2.26. The first-order valence-electron chi connectivity index (χ1n) is 3.45. The molecule has 1 aromatic rings. The largest absolute Gasteiger partial charge is 0.398 e. The van der Waals surface area contributed by atoms with Gasteiger partial charge in [-0.2, -0.15) is 5.26 Å². The van der Waals surface area contributed by atoms with Gasteiger partial charge in [0.1, 0.15) is 0 Å². The minimum absolute atomic E-state index is 0.00606. The number of benzene rings is 1. The lowest BCUT2D eigenvalue weighted by molar-refractivity contribution is 0.602. The van der Waals surface area contributed by atoms with Crippen LogP contribution in [0.25, 0.3) is 0 Å². The molecule has 0 aliphatic carbocycles. The molecule has 2 N–H and O–H groups in total. The Balaban J connectivity index is 3.47. The smallest absolute Gasteiger partial charge is 0.177 e. The van der Waals surface area contributed by atoms with Crippen molar-refractivity contribution >= 4 is 15.5 Å². The number of nitrogens with zero attached hydrogens (tertiary/aromatic N) is 1. The van der Waals surface area contributed by atoms with Crippen molar-refractivity contribution in [1.29, 1.82) is 5.26 Å². The van der Waals surface area contributed by atoms with Crippen molar-refractivity contribution in [2.24, 2.45) is 0 Å². The Hall–Kier alpha value is -1.54. The van der Waals surface area contributed by atoms with E-state index in [4.69, 9.17) is 11.0 Å². The van der Waals surface area contributed by atoms with Gasteiger partial charge in [0, 0.05) is 6.26 Å². The van der Waals surface area contributed by atoms with Crippen molar-refractivity contribution in [3.63, 3.8) is 0 Å². The van der Waals surface area contributed by atoms with E-state index in [2.05, 4.69) is 0 Å². The Labute approximate surface area is 76.5 Å². The fourth-order valence-electron chi connectivity index (χ4n) is 0.925. The topological polar surface area (TPSA) is 84.0 Å². The van der Waals surface area contributed by atoms with E-state index in [1.165, 1.54) is 18.2 Å². The van der Waals surface area contributed by atoms with Crippen LogP contribution in [0.3, 0.4) is 0 Å². The third-order valence-corrected chi connectivity index (χ3v) is 2.69. The third kappa shape index (κ3) is 1.98. The van der Waals surface area contributed by atoms with Crippen LogP contribution in [0.5, 0.6) is 0 Å². The molecule has 1 rings (SSSR count). The zero-order valence-corrected chi connectivity index (χ0v) is 7.80. The van der Waals surface area contributed by atoms with Crippen molar-refractivity contribution in [2.75, 3.05) is 12.0 Å². The number of hydrogen-bond donors (Lipinski definition) is 1. The summed E-state index contributed by atoms with van der Waals surface area (Å²) >= 11 is 0. The normalized spacial score (nSPS) is 10.8. The van der Waals surface area contributed by atoms with E-state index in [9.17, 15) is 8.42 Å². The number of anilines is 1. The molecule has 4 nitrogen and oxygen atoms in total. The standard InChI is InChI=1S/C8H8N2O2S/c1-13(11,12)8-4-6(5-9)2-3-7(8)10/h2-4H,10H2,1H3. The molecular formula is C8H8N2O2S. The Bertz CT molecular complexity index is 471. The van der Waals surface area contributed by atoms with E-state index in [1.807, 2.05) is 6.07 Å². The lowest BCUT2D eigenvalue weighted by Crippen LogP contribution is -2.02. The molecule has 0 heterocycles. The number of nitriles is 1. The number of hydrogen-bond acceptors (Lipinski definition) is 4. The summed E-state index contributed by atoms with van der Waals surface area (Å²) in [4.78, 5) is 0.00606. The van der Waals surface area contributed by atoms with Gasteiger partial charge in [-0.15, -0.1) is 0 Å². The second-order valence-corrected chi connectivity index (χ2v) is 4.62. The van der Waals surface area contributed by atoms with Crippen LogP contribution in [0.2, 0.25) is 0 Å². The molecule has 0 fully saturated rings. The summed E-state index contributed by atoms with van der Waals surface area (Å²) < 4.78 is 22.3. The summed E-state index contributed by atoms with van der Waals surface area (Å²) in [5.41, 5.74) is 5.90. The van der Waals surface area contributed by atoms with E-state index in [-0.39, 0.29) is 16.1 Å². The maximum atomic E-state index is 11.1. The monoisotopic (exact) mass is 196 g/mol. The van der Waals surface area contributed by atoms with Crippen molar-refractivity contribution in [3.8, 4) is 6.07 Å². The lowest BCUT2D eigenvalue weighted by atomic mass is 10.2. The summed E-state index contributed by atoms with van der Waals surface area (Å²) in [7, 11) is -3.34. The lowest BCUT2D eigenvalue weighted by Gasteiger charge is -2.02. The number of rotatable bonds is 1. The molecule has 0 aliphatic rings. The molecule has 0 saturated heterocycles. The van der Waals surface area contributed by atoms with E-state index >= 15 is 0 Å². The van der Waals surface area contributed by atoms with Crippen LogP contribution in [0.15, 0.2) is 23.1 Å². The van der Waals surface area contributed by atoms with Crippen molar-refractivity contribution in [3.05, 3.63) is 23.8 Å². The average molecular weight is 196 g/mol. The molecule has 0 radical (unpaired) electrons. The third-order valence-electron chi connectivity index (χ3n) is 1.54. The van der Waals surface area contributed by atoms with Crippen molar-refractivity contribution in [1.82, 2.24) is 0 Å². The maximum absolute atomic E-state index is 11.1. The molecule has 0 bridgehead atoms. The first kappa shape index (κ1) is 9.55. The van der Waals surface area contributed by atoms with Gasteiger partial charge in [0.15, 0.2) is 9.84 Å². The van der Waals surface area contributed by atoms with Gasteiger partial charge in [0.2, 0.25) is 0 Å². The van der Waals surface area contributed by atoms with Gasteiger partial charge in [0.25, 0.3) is 0 Å². The summed E-state index contributed by atoms with van der Waals surface area (Å²) in [5, 5.41) is 8.53. The highest BCUT2D eigenvalue weighted by Gasteiger charge is 2.11. The minimum atomic E-state index is -3.34. The maximum Gasteiger partial charge on any atom is 0.177 e. The number of sulfone groups is 1. The molecule has 68 valence electrons. The molecule has 0 atom stereocenters. The quantitative estimate of drug-likeness (QED) is 0.664. The fourth-order valence-corrected chi connectivity index (χ4v) is 1.76. The van der Waals surface area contributed by atoms with E-state index < -0.39 is 9.84 Å². The molecule has 1 aromatic carbocycles.